The number of hydrogen-bond donors (Lipinski definition) is 1. The number of aromatic nitrogens is 1. The van der Waals surface area contributed by atoms with Crippen molar-refractivity contribution in [1.82, 2.24) is 4.98 Å². The summed E-state index contributed by atoms with van der Waals surface area (Å²) in [6, 6.07) is 14.1. The Morgan fingerprint density at radius 1 is 1.19 bits per heavy atom. The maximum atomic E-state index is 11.4. The highest BCUT2D eigenvalue weighted by Gasteiger charge is 2.18. The van der Waals surface area contributed by atoms with Gasteiger partial charge in [-0.15, -0.1) is 11.3 Å². The summed E-state index contributed by atoms with van der Waals surface area (Å²) in [6.45, 7) is 2.03. The number of benzene rings is 2. The second kappa shape index (κ2) is 5.66. The Morgan fingerprint density at radius 3 is 2.71 bits per heavy atom. The molecule has 1 heterocycles. The monoisotopic (exact) mass is 297 g/mol. The van der Waals surface area contributed by atoms with Gasteiger partial charge in [0.25, 0.3) is 0 Å². The molecule has 0 saturated carbocycles. The van der Waals surface area contributed by atoms with Gasteiger partial charge in [0, 0.05) is 5.56 Å². The molecular formula is C17H15NO2S. The van der Waals surface area contributed by atoms with Gasteiger partial charge in [-0.25, -0.2) is 9.78 Å². The fourth-order valence-electron chi connectivity index (χ4n) is 2.45. The highest BCUT2D eigenvalue weighted by Crippen LogP contribution is 2.33. The Bertz CT molecular complexity index is 802. The molecule has 0 fully saturated rings. The molecule has 0 unspecified atom stereocenters. The van der Waals surface area contributed by atoms with Crippen LogP contribution in [-0.4, -0.2) is 16.1 Å². The number of hydrogen-bond acceptors (Lipinski definition) is 3. The summed E-state index contributed by atoms with van der Waals surface area (Å²) in [5, 5.41) is 12.4. The number of aromatic carboxylic acids is 1. The van der Waals surface area contributed by atoms with E-state index < -0.39 is 5.97 Å². The predicted octanol–water partition coefficient (Wildman–Crippen LogP) is 4.61. The molecule has 0 saturated heterocycles. The van der Waals surface area contributed by atoms with Crippen LogP contribution in [0, 0.1) is 0 Å². The molecule has 0 amide bonds. The lowest BCUT2D eigenvalue weighted by Gasteiger charge is -2.02. The van der Waals surface area contributed by atoms with Gasteiger partial charge in [0.05, 0.1) is 5.69 Å². The Balaban J connectivity index is 2.19. The van der Waals surface area contributed by atoms with Crippen LogP contribution in [0.25, 0.3) is 21.3 Å². The van der Waals surface area contributed by atoms with Gasteiger partial charge in [0.1, 0.15) is 9.88 Å². The van der Waals surface area contributed by atoms with E-state index >= 15 is 0 Å². The largest absolute Gasteiger partial charge is 0.477 e. The standard InChI is InChI=1S/C17H15NO2S/c1-2-6-14-15(17(19)20)21-16(18-14)13-10-5-8-11-7-3-4-9-12(11)13/h3-5,7-10H,2,6H2,1H3,(H,19,20). The molecule has 0 bridgehead atoms. The zero-order valence-electron chi connectivity index (χ0n) is 11.7. The first kappa shape index (κ1) is 13.8. The third-order valence-electron chi connectivity index (χ3n) is 3.40. The van der Waals surface area contributed by atoms with Crippen molar-refractivity contribution in [2.75, 3.05) is 0 Å². The molecule has 0 aliphatic rings. The summed E-state index contributed by atoms with van der Waals surface area (Å²) in [7, 11) is 0. The average Bonchev–Trinajstić information content (AvgIpc) is 2.91. The molecule has 2 aromatic carbocycles. The van der Waals surface area contributed by atoms with E-state index in [1.807, 2.05) is 37.3 Å². The van der Waals surface area contributed by atoms with E-state index in [0.29, 0.717) is 17.0 Å². The molecule has 0 spiro atoms. The summed E-state index contributed by atoms with van der Waals surface area (Å²) in [5.74, 6) is -0.887. The fourth-order valence-corrected chi connectivity index (χ4v) is 3.44. The minimum atomic E-state index is -0.887. The zero-order valence-corrected chi connectivity index (χ0v) is 12.5. The number of carboxylic acid groups (broad SMARTS) is 1. The average molecular weight is 297 g/mol. The molecule has 4 heteroatoms. The summed E-state index contributed by atoms with van der Waals surface area (Å²) >= 11 is 1.26. The Labute approximate surface area is 126 Å². The molecule has 1 aromatic heterocycles. The molecule has 106 valence electrons. The summed E-state index contributed by atoms with van der Waals surface area (Å²) in [4.78, 5) is 16.3. The summed E-state index contributed by atoms with van der Waals surface area (Å²) < 4.78 is 0. The lowest BCUT2D eigenvalue weighted by molar-refractivity contribution is 0.0700. The summed E-state index contributed by atoms with van der Waals surface area (Å²) in [6.07, 6.45) is 1.59. The van der Waals surface area contributed by atoms with Gasteiger partial charge in [0.2, 0.25) is 0 Å². The van der Waals surface area contributed by atoms with Gasteiger partial charge in [0.15, 0.2) is 0 Å². The van der Waals surface area contributed by atoms with Gasteiger partial charge in [-0.05, 0) is 17.2 Å². The zero-order chi connectivity index (χ0) is 14.8. The summed E-state index contributed by atoms with van der Waals surface area (Å²) in [5.41, 5.74) is 1.70. The Morgan fingerprint density at radius 2 is 1.95 bits per heavy atom. The van der Waals surface area contributed by atoms with Crippen LogP contribution in [-0.2, 0) is 6.42 Å². The first-order valence-electron chi connectivity index (χ1n) is 6.92. The Hall–Kier alpha value is -2.20. The maximum Gasteiger partial charge on any atom is 0.347 e. The fraction of sp³-hybridized carbons (Fsp3) is 0.176. The normalized spacial score (nSPS) is 10.9. The van der Waals surface area contributed by atoms with Gasteiger partial charge >= 0.3 is 5.97 Å². The highest BCUT2D eigenvalue weighted by atomic mass is 32.1. The lowest BCUT2D eigenvalue weighted by atomic mass is 10.1. The van der Waals surface area contributed by atoms with Crippen molar-refractivity contribution < 1.29 is 9.90 Å². The van der Waals surface area contributed by atoms with Gasteiger partial charge in [-0.3, -0.25) is 0 Å². The van der Waals surface area contributed by atoms with Crippen LogP contribution in [0.2, 0.25) is 0 Å². The van der Waals surface area contributed by atoms with Crippen molar-refractivity contribution in [2.24, 2.45) is 0 Å². The van der Waals surface area contributed by atoms with E-state index in [1.54, 1.807) is 0 Å². The molecule has 21 heavy (non-hydrogen) atoms. The Kier molecular flexibility index (Phi) is 3.71. The van der Waals surface area contributed by atoms with Crippen LogP contribution in [0.5, 0.6) is 0 Å². The number of fused-ring (bicyclic) bond motifs is 1. The van der Waals surface area contributed by atoms with E-state index in [1.165, 1.54) is 11.3 Å². The third-order valence-corrected chi connectivity index (χ3v) is 4.52. The first-order valence-corrected chi connectivity index (χ1v) is 7.73. The molecule has 0 atom stereocenters. The molecular weight excluding hydrogens is 282 g/mol. The number of carbonyl (C=O) groups is 1. The van der Waals surface area contributed by atoms with Crippen LogP contribution in [0.15, 0.2) is 42.5 Å². The van der Waals surface area contributed by atoms with Crippen LogP contribution >= 0.6 is 11.3 Å². The number of rotatable bonds is 4. The molecule has 1 N–H and O–H groups in total. The van der Waals surface area contributed by atoms with E-state index in [0.717, 1.165) is 27.8 Å². The maximum absolute atomic E-state index is 11.4. The second-order valence-electron chi connectivity index (χ2n) is 4.88. The number of aryl methyl sites for hydroxylation is 1. The van der Waals surface area contributed by atoms with Crippen LogP contribution in [0.4, 0.5) is 0 Å². The van der Waals surface area contributed by atoms with Crippen molar-refractivity contribution in [3.05, 3.63) is 53.0 Å². The van der Waals surface area contributed by atoms with Gasteiger partial charge in [-0.1, -0.05) is 55.8 Å². The van der Waals surface area contributed by atoms with E-state index in [2.05, 4.69) is 17.1 Å². The van der Waals surface area contributed by atoms with Crippen LogP contribution < -0.4 is 0 Å². The van der Waals surface area contributed by atoms with Crippen molar-refractivity contribution in [2.45, 2.75) is 19.8 Å². The minimum absolute atomic E-state index is 0.361. The van der Waals surface area contributed by atoms with E-state index in [4.69, 9.17) is 0 Å². The topological polar surface area (TPSA) is 50.2 Å². The highest BCUT2D eigenvalue weighted by molar-refractivity contribution is 7.17. The molecule has 3 aromatic rings. The molecule has 0 aliphatic heterocycles. The van der Waals surface area contributed by atoms with Crippen molar-refractivity contribution >= 4 is 28.1 Å². The molecule has 3 rings (SSSR count). The minimum Gasteiger partial charge on any atom is -0.477 e. The third kappa shape index (κ3) is 2.54. The lowest BCUT2D eigenvalue weighted by Crippen LogP contribution is -1.98. The first-order chi connectivity index (χ1) is 10.2. The molecule has 0 aliphatic carbocycles. The second-order valence-corrected chi connectivity index (χ2v) is 5.88. The van der Waals surface area contributed by atoms with Crippen LogP contribution in [0.3, 0.4) is 0 Å². The van der Waals surface area contributed by atoms with Gasteiger partial charge in [-0.2, -0.15) is 0 Å². The number of nitrogens with zero attached hydrogens (tertiary/aromatic N) is 1. The van der Waals surface area contributed by atoms with E-state index in [-0.39, 0.29) is 0 Å². The van der Waals surface area contributed by atoms with E-state index in [9.17, 15) is 9.90 Å². The van der Waals surface area contributed by atoms with Crippen LogP contribution in [0.1, 0.15) is 28.7 Å². The number of carboxylic acids is 1. The molecule has 0 radical (unpaired) electrons. The molecule has 3 nitrogen and oxygen atoms in total. The smallest absolute Gasteiger partial charge is 0.347 e. The SMILES string of the molecule is CCCc1nc(-c2cccc3ccccc23)sc1C(=O)O. The van der Waals surface area contributed by atoms with Crippen molar-refractivity contribution in [1.29, 1.82) is 0 Å². The van der Waals surface area contributed by atoms with Crippen molar-refractivity contribution in [3.8, 4) is 10.6 Å². The quantitative estimate of drug-likeness (QED) is 0.764. The van der Waals surface area contributed by atoms with Gasteiger partial charge < -0.3 is 5.11 Å². The predicted molar refractivity (Wildman–Crippen MR) is 86.0 cm³/mol. The van der Waals surface area contributed by atoms with Crippen molar-refractivity contribution in [3.63, 3.8) is 0 Å². The number of thiazole rings is 1.